The van der Waals surface area contributed by atoms with Crippen molar-refractivity contribution >= 4 is 46.5 Å². The molecule has 0 saturated heterocycles. The van der Waals surface area contributed by atoms with Crippen molar-refractivity contribution in [3.05, 3.63) is 63.4 Å². The van der Waals surface area contributed by atoms with E-state index in [0.717, 1.165) is 0 Å². The lowest BCUT2D eigenvalue weighted by Gasteiger charge is -2.25. The van der Waals surface area contributed by atoms with Gasteiger partial charge in [-0.15, -0.1) is 0 Å². The molecule has 0 bridgehead atoms. The molecule has 0 radical (unpaired) electrons. The van der Waals surface area contributed by atoms with Crippen molar-refractivity contribution in [2.24, 2.45) is 0 Å². The lowest BCUT2D eigenvalue weighted by atomic mass is 10.1. The first-order valence-electron chi connectivity index (χ1n) is 8.30. The molecule has 1 N–H and O–H groups in total. The number of halogens is 3. The Morgan fingerprint density at radius 1 is 1.11 bits per heavy atom. The average molecular weight is 440 g/mol. The normalized spacial score (nSPS) is 11.4. The molecule has 6 nitrogen and oxygen atoms in total. The third-order valence-electron chi connectivity index (χ3n) is 3.80. The Labute approximate surface area is 177 Å². The lowest BCUT2D eigenvalue weighted by molar-refractivity contribution is -0.128. The minimum Gasteiger partial charge on any atom is -0.478 e. The van der Waals surface area contributed by atoms with Crippen LogP contribution in [-0.2, 0) is 4.79 Å². The van der Waals surface area contributed by atoms with Gasteiger partial charge in [0.05, 0.1) is 15.7 Å². The third-order valence-corrected chi connectivity index (χ3v) is 4.53. The first kappa shape index (κ1) is 20.5. The van der Waals surface area contributed by atoms with Crippen LogP contribution < -0.4 is 10.1 Å². The van der Waals surface area contributed by atoms with Crippen LogP contribution in [0.3, 0.4) is 0 Å². The Morgan fingerprint density at radius 2 is 1.79 bits per heavy atom. The Balaban J connectivity index is 1.85. The molecule has 1 amide bonds. The molecule has 0 unspecified atom stereocenters. The number of amides is 1. The zero-order chi connectivity index (χ0) is 20.5. The highest BCUT2D eigenvalue weighted by atomic mass is 35.5. The molecular weight excluding hydrogens is 423 g/mol. The minimum atomic E-state index is -1.16. The Bertz CT molecular complexity index is 1020. The summed E-state index contributed by atoms with van der Waals surface area (Å²) in [7, 11) is 0. The van der Waals surface area contributed by atoms with Gasteiger partial charge in [0.2, 0.25) is 0 Å². The van der Waals surface area contributed by atoms with Crippen LogP contribution in [0.5, 0.6) is 5.75 Å². The number of hydrogen-bond donors (Lipinski definition) is 1. The van der Waals surface area contributed by atoms with E-state index in [1.807, 2.05) is 0 Å². The van der Waals surface area contributed by atoms with Gasteiger partial charge >= 0.3 is 0 Å². The number of anilines is 1. The fourth-order valence-corrected chi connectivity index (χ4v) is 3.01. The first-order chi connectivity index (χ1) is 13.2. The average Bonchev–Trinajstić information content (AvgIpc) is 2.97. The molecule has 0 aliphatic carbocycles. The van der Waals surface area contributed by atoms with Gasteiger partial charge in [0.15, 0.2) is 11.4 Å². The number of ether oxygens (including phenoxy) is 1. The monoisotopic (exact) mass is 438 g/mol. The molecule has 28 heavy (non-hydrogen) atoms. The van der Waals surface area contributed by atoms with Crippen LogP contribution in [0, 0.1) is 6.92 Å². The predicted octanol–water partition coefficient (Wildman–Crippen LogP) is 5.33. The van der Waals surface area contributed by atoms with Crippen molar-refractivity contribution in [1.82, 2.24) is 14.8 Å². The molecule has 0 spiro atoms. The summed E-state index contributed by atoms with van der Waals surface area (Å²) in [6, 6.07) is 10.0. The fourth-order valence-electron chi connectivity index (χ4n) is 2.42. The van der Waals surface area contributed by atoms with Gasteiger partial charge in [-0.1, -0.05) is 34.8 Å². The second-order valence-electron chi connectivity index (χ2n) is 6.56. The summed E-state index contributed by atoms with van der Waals surface area (Å²) < 4.78 is 7.27. The van der Waals surface area contributed by atoms with Crippen molar-refractivity contribution in [3.63, 3.8) is 0 Å². The minimum absolute atomic E-state index is 0.308. The first-order valence-corrected chi connectivity index (χ1v) is 9.43. The van der Waals surface area contributed by atoms with Crippen molar-refractivity contribution in [2.45, 2.75) is 26.4 Å². The second kappa shape index (κ2) is 7.99. The summed E-state index contributed by atoms with van der Waals surface area (Å²) in [5.41, 5.74) is -0.479. The van der Waals surface area contributed by atoms with Crippen molar-refractivity contribution < 1.29 is 9.53 Å². The van der Waals surface area contributed by atoms with Crippen LogP contribution in [0.2, 0.25) is 15.1 Å². The maximum Gasteiger partial charge on any atom is 0.269 e. The molecule has 0 saturated carbocycles. The maximum absolute atomic E-state index is 12.9. The Hall–Kier alpha value is -2.28. The molecule has 3 aromatic rings. The maximum atomic E-state index is 12.9. The second-order valence-corrected chi connectivity index (χ2v) is 7.84. The van der Waals surface area contributed by atoms with Crippen LogP contribution in [0.15, 0.2) is 42.6 Å². The number of pyridine rings is 1. The van der Waals surface area contributed by atoms with E-state index in [1.54, 1.807) is 57.2 Å². The van der Waals surface area contributed by atoms with E-state index in [0.29, 0.717) is 38.1 Å². The standard InChI is InChI=1S/C19H17Cl3N4O2/c1-11-8-16(26(25-11)17-15(22)9-13(21)10-23-17)24-18(27)19(2,3)28-14-6-4-12(20)5-7-14/h4-10H,1-3H3,(H,24,27). The van der Waals surface area contributed by atoms with Gasteiger partial charge in [-0.3, -0.25) is 4.79 Å². The third kappa shape index (κ3) is 4.58. The van der Waals surface area contributed by atoms with Crippen molar-refractivity contribution in [1.29, 1.82) is 0 Å². The van der Waals surface area contributed by atoms with Gasteiger partial charge in [0.1, 0.15) is 11.6 Å². The number of aryl methyl sites for hydroxylation is 1. The molecule has 0 aliphatic rings. The topological polar surface area (TPSA) is 69.0 Å². The van der Waals surface area contributed by atoms with Gasteiger partial charge in [-0.25, -0.2) is 4.98 Å². The highest BCUT2D eigenvalue weighted by molar-refractivity contribution is 6.35. The van der Waals surface area contributed by atoms with Crippen LogP contribution in [-0.4, -0.2) is 26.3 Å². The molecule has 146 valence electrons. The molecule has 0 fully saturated rings. The highest BCUT2D eigenvalue weighted by Crippen LogP contribution is 2.26. The summed E-state index contributed by atoms with van der Waals surface area (Å²) in [6.07, 6.45) is 1.46. The number of benzene rings is 1. The summed E-state index contributed by atoms with van der Waals surface area (Å²) in [4.78, 5) is 17.1. The van der Waals surface area contributed by atoms with Crippen LogP contribution in [0.4, 0.5) is 5.82 Å². The van der Waals surface area contributed by atoms with Crippen LogP contribution in [0.1, 0.15) is 19.5 Å². The van der Waals surface area contributed by atoms with Crippen molar-refractivity contribution in [3.8, 4) is 11.6 Å². The van der Waals surface area contributed by atoms with E-state index in [9.17, 15) is 4.79 Å². The van der Waals surface area contributed by atoms with Gasteiger partial charge in [0, 0.05) is 17.3 Å². The fraction of sp³-hybridized carbons (Fsp3) is 0.211. The number of carbonyl (C=O) groups excluding carboxylic acids is 1. The number of carbonyl (C=O) groups is 1. The number of aromatic nitrogens is 3. The Morgan fingerprint density at radius 3 is 2.43 bits per heavy atom. The van der Waals surface area contributed by atoms with E-state index >= 15 is 0 Å². The summed E-state index contributed by atoms with van der Waals surface area (Å²) >= 11 is 18.0. The molecule has 0 atom stereocenters. The zero-order valence-electron chi connectivity index (χ0n) is 15.3. The Kier molecular flexibility index (Phi) is 5.84. The predicted molar refractivity (Wildman–Crippen MR) is 111 cm³/mol. The number of hydrogen-bond acceptors (Lipinski definition) is 4. The van der Waals surface area contributed by atoms with E-state index < -0.39 is 5.60 Å². The summed E-state index contributed by atoms with van der Waals surface area (Å²) in [5, 5.41) is 8.48. The van der Waals surface area contributed by atoms with E-state index in [1.165, 1.54) is 10.9 Å². The van der Waals surface area contributed by atoms with Crippen LogP contribution >= 0.6 is 34.8 Å². The smallest absolute Gasteiger partial charge is 0.269 e. The molecule has 2 aromatic heterocycles. The van der Waals surface area contributed by atoms with E-state index in [2.05, 4.69) is 15.4 Å². The molecule has 0 aliphatic heterocycles. The zero-order valence-corrected chi connectivity index (χ0v) is 17.6. The van der Waals surface area contributed by atoms with Crippen LogP contribution in [0.25, 0.3) is 5.82 Å². The van der Waals surface area contributed by atoms with Gasteiger partial charge < -0.3 is 10.1 Å². The van der Waals surface area contributed by atoms with Gasteiger partial charge in [0.25, 0.3) is 5.91 Å². The summed E-state index contributed by atoms with van der Waals surface area (Å²) in [6.45, 7) is 5.13. The molecular formula is C19H17Cl3N4O2. The quantitative estimate of drug-likeness (QED) is 0.583. The molecule has 9 heteroatoms. The highest BCUT2D eigenvalue weighted by Gasteiger charge is 2.31. The largest absolute Gasteiger partial charge is 0.478 e. The number of nitrogens with one attached hydrogen (secondary N) is 1. The number of rotatable bonds is 5. The number of nitrogens with zero attached hydrogens (tertiary/aromatic N) is 3. The summed E-state index contributed by atoms with van der Waals surface area (Å²) in [5.74, 6) is 0.920. The van der Waals surface area contributed by atoms with Gasteiger partial charge in [-0.2, -0.15) is 9.78 Å². The van der Waals surface area contributed by atoms with Gasteiger partial charge in [-0.05, 0) is 51.1 Å². The molecule has 3 rings (SSSR count). The van der Waals surface area contributed by atoms with Crippen molar-refractivity contribution in [2.75, 3.05) is 5.32 Å². The molecule has 2 heterocycles. The van der Waals surface area contributed by atoms with E-state index in [4.69, 9.17) is 39.5 Å². The lowest BCUT2D eigenvalue weighted by Crippen LogP contribution is -2.42. The molecule has 1 aromatic carbocycles. The van der Waals surface area contributed by atoms with E-state index in [-0.39, 0.29) is 5.91 Å². The SMILES string of the molecule is Cc1cc(NC(=O)C(C)(C)Oc2ccc(Cl)cc2)n(-c2ncc(Cl)cc2Cl)n1.